The number of nitriles is 1. The number of rotatable bonds is 2. The third-order valence-corrected chi connectivity index (χ3v) is 3.95. The summed E-state index contributed by atoms with van der Waals surface area (Å²) in [6, 6.07) is 9.76. The van der Waals surface area contributed by atoms with Crippen LogP contribution in [0.25, 0.3) is 5.69 Å². The van der Waals surface area contributed by atoms with E-state index in [1.165, 1.54) is 24.1 Å². The Labute approximate surface area is 125 Å². The molecule has 1 aliphatic heterocycles. The van der Waals surface area contributed by atoms with Crippen LogP contribution in [0.15, 0.2) is 24.3 Å². The van der Waals surface area contributed by atoms with Crippen molar-refractivity contribution in [1.82, 2.24) is 9.78 Å². The molecule has 1 aromatic carbocycles. The fourth-order valence-electron chi connectivity index (χ4n) is 2.86. The summed E-state index contributed by atoms with van der Waals surface area (Å²) < 4.78 is 2.00. The molecule has 0 saturated heterocycles. The summed E-state index contributed by atoms with van der Waals surface area (Å²) in [7, 11) is 0. The Bertz CT molecular complexity index is 674. The Morgan fingerprint density at radius 2 is 2.00 bits per heavy atom. The van der Waals surface area contributed by atoms with Crippen LogP contribution in [-0.2, 0) is 6.42 Å². The van der Waals surface area contributed by atoms with Gasteiger partial charge in [-0.25, -0.2) is 4.68 Å². The zero-order valence-electron chi connectivity index (χ0n) is 12.6. The van der Waals surface area contributed by atoms with Gasteiger partial charge in [-0.2, -0.15) is 10.4 Å². The minimum absolute atomic E-state index is 0.415. The molecule has 0 radical (unpaired) electrons. The van der Waals surface area contributed by atoms with Gasteiger partial charge in [-0.05, 0) is 49.4 Å². The number of hydrogen-bond donors (Lipinski definition) is 1. The first kappa shape index (κ1) is 13.7. The molecule has 0 atom stereocenters. The number of aromatic nitrogens is 2. The van der Waals surface area contributed by atoms with Crippen molar-refractivity contribution in [2.45, 2.75) is 39.0 Å². The van der Waals surface area contributed by atoms with E-state index in [0.717, 1.165) is 24.5 Å². The third-order valence-electron chi connectivity index (χ3n) is 3.95. The highest BCUT2D eigenvalue weighted by molar-refractivity contribution is 5.55. The van der Waals surface area contributed by atoms with Crippen LogP contribution < -0.4 is 5.32 Å². The second-order valence-electron chi connectivity index (χ2n) is 5.82. The molecule has 0 aliphatic carbocycles. The van der Waals surface area contributed by atoms with Gasteiger partial charge in [0.15, 0.2) is 0 Å². The highest BCUT2D eigenvalue weighted by Crippen LogP contribution is 2.31. The lowest BCUT2D eigenvalue weighted by Gasteiger charge is -2.09. The first-order chi connectivity index (χ1) is 10.2. The molecule has 0 amide bonds. The molecule has 4 nitrogen and oxygen atoms in total. The molecule has 0 fully saturated rings. The van der Waals surface area contributed by atoms with Gasteiger partial charge in [-0.1, -0.05) is 13.8 Å². The molecule has 2 aromatic rings. The Kier molecular flexibility index (Phi) is 3.66. The molecule has 21 heavy (non-hydrogen) atoms. The van der Waals surface area contributed by atoms with E-state index in [0.29, 0.717) is 11.5 Å². The number of fused-ring (bicyclic) bond motifs is 1. The Hall–Kier alpha value is -2.28. The van der Waals surface area contributed by atoms with Crippen molar-refractivity contribution >= 4 is 5.82 Å². The molecule has 3 rings (SSSR count). The maximum absolute atomic E-state index is 8.92. The molecule has 1 aliphatic rings. The molecule has 1 N–H and O–H groups in total. The largest absolute Gasteiger partial charge is 0.370 e. The van der Waals surface area contributed by atoms with Gasteiger partial charge in [-0.3, -0.25) is 0 Å². The van der Waals surface area contributed by atoms with Crippen LogP contribution in [-0.4, -0.2) is 16.3 Å². The second-order valence-corrected chi connectivity index (χ2v) is 5.82. The van der Waals surface area contributed by atoms with Crippen molar-refractivity contribution in [3.8, 4) is 11.8 Å². The van der Waals surface area contributed by atoms with Crippen molar-refractivity contribution < 1.29 is 0 Å². The van der Waals surface area contributed by atoms with Crippen molar-refractivity contribution in [1.29, 1.82) is 5.26 Å². The van der Waals surface area contributed by atoms with Crippen LogP contribution in [0.3, 0.4) is 0 Å². The highest BCUT2D eigenvalue weighted by atomic mass is 15.3. The van der Waals surface area contributed by atoms with Crippen LogP contribution in [0, 0.1) is 11.3 Å². The smallest absolute Gasteiger partial charge is 0.133 e. The second kappa shape index (κ2) is 5.61. The first-order valence-electron chi connectivity index (χ1n) is 7.57. The van der Waals surface area contributed by atoms with Crippen LogP contribution in [0.1, 0.15) is 49.4 Å². The predicted molar refractivity (Wildman–Crippen MR) is 83.8 cm³/mol. The van der Waals surface area contributed by atoms with Gasteiger partial charge >= 0.3 is 0 Å². The fraction of sp³-hybridized carbons (Fsp3) is 0.412. The normalized spacial score (nSPS) is 14.2. The summed E-state index contributed by atoms with van der Waals surface area (Å²) in [4.78, 5) is 0. The minimum Gasteiger partial charge on any atom is -0.370 e. The summed E-state index contributed by atoms with van der Waals surface area (Å²) >= 11 is 0. The molecular weight excluding hydrogens is 260 g/mol. The fourth-order valence-corrected chi connectivity index (χ4v) is 2.86. The molecule has 0 saturated carbocycles. The van der Waals surface area contributed by atoms with E-state index in [4.69, 9.17) is 10.4 Å². The molecular formula is C17H20N4. The molecule has 108 valence electrons. The maximum Gasteiger partial charge on any atom is 0.133 e. The van der Waals surface area contributed by atoms with Gasteiger partial charge in [0.25, 0.3) is 0 Å². The van der Waals surface area contributed by atoms with E-state index in [1.807, 2.05) is 28.9 Å². The highest BCUT2D eigenvalue weighted by Gasteiger charge is 2.21. The predicted octanol–water partition coefficient (Wildman–Crippen LogP) is 3.62. The molecule has 2 heterocycles. The Balaban J connectivity index is 2.11. The van der Waals surface area contributed by atoms with E-state index >= 15 is 0 Å². The quantitative estimate of drug-likeness (QED) is 0.914. The van der Waals surface area contributed by atoms with E-state index < -0.39 is 0 Å². The lowest BCUT2D eigenvalue weighted by atomic mass is 10.0. The van der Waals surface area contributed by atoms with Gasteiger partial charge in [0, 0.05) is 12.1 Å². The van der Waals surface area contributed by atoms with Crippen molar-refractivity contribution in [3.05, 3.63) is 41.1 Å². The molecule has 0 spiro atoms. The molecule has 0 unspecified atom stereocenters. The summed E-state index contributed by atoms with van der Waals surface area (Å²) in [6.07, 6.45) is 3.49. The van der Waals surface area contributed by atoms with Crippen LogP contribution in [0.2, 0.25) is 0 Å². The van der Waals surface area contributed by atoms with Gasteiger partial charge in [0.05, 0.1) is 23.0 Å². The van der Waals surface area contributed by atoms with E-state index in [-0.39, 0.29) is 0 Å². The Morgan fingerprint density at radius 1 is 1.24 bits per heavy atom. The summed E-state index contributed by atoms with van der Waals surface area (Å²) in [5, 5.41) is 17.3. The number of benzene rings is 1. The summed E-state index contributed by atoms with van der Waals surface area (Å²) in [6.45, 7) is 5.37. The van der Waals surface area contributed by atoms with E-state index in [1.54, 1.807) is 0 Å². The van der Waals surface area contributed by atoms with E-state index in [2.05, 4.69) is 25.2 Å². The van der Waals surface area contributed by atoms with Crippen molar-refractivity contribution in [2.75, 3.05) is 11.9 Å². The number of hydrogen-bond acceptors (Lipinski definition) is 3. The Morgan fingerprint density at radius 3 is 2.67 bits per heavy atom. The van der Waals surface area contributed by atoms with E-state index in [9.17, 15) is 0 Å². The average molecular weight is 280 g/mol. The number of nitrogens with zero attached hydrogens (tertiary/aromatic N) is 3. The standard InChI is InChI=1S/C17H20N4/c1-12(2)16-15-5-3-4-10-19-17(15)21(20-16)14-8-6-13(11-18)7-9-14/h6-9,12,19H,3-5,10H2,1-2H3. The monoisotopic (exact) mass is 280 g/mol. The summed E-state index contributed by atoms with van der Waals surface area (Å²) in [5.41, 5.74) is 4.22. The van der Waals surface area contributed by atoms with Gasteiger partial charge < -0.3 is 5.32 Å². The zero-order chi connectivity index (χ0) is 14.8. The SMILES string of the molecule is CC(C)c1nn(-c2ccc(C#N)cc2)c2c1CCCCN2. The lowest BCUT2D eigenvalue weighted by Crippen LogP contribution is -2.07. The van der Waals surface area contributed by atoms with Crippen molar-refractivity contribution in [2.24, 2.45) is 0 Å². The van der Waals surface area contributed by atoms with Gasteiger partial charge in [0.1, 0.15) is 5.82 Å². The molecule has 1 aromatic heterocycles. The first-order valence-corrected chi connectivity index (χ1v) is 7.57. The maximum atomic E-state index is 8.92. The molecule has 4 heteroatoms. The topological polar surface area (TPSA) is 53.6 Å². The van der Waals surface area contributed by atoms with Crippen LogP contribution >= 0.6 is 0 Å². The zero-order valence-corrected chi connectivity index (χ0v) is 12.6. The van der Waals surface area contributed by atoms with Gasteiger partial charge in [-0.15, -0.1) is 0 Å². The lowest BCUT2D eigenvalue weighted by molar-refractivity contribution is 0.731. The molecule has 0 bridgehead atoms. The number of nitrogens with one attached hydrogen (secondary N) is 1. The number of anilines is 1. The van der Waals surface area contributed by atoms with Crippen molar-refractivity contribution in [3.63, 3.8) is 0 Å². The van der Waals surface area contributed by atoms with Crippen LogP contribution in [0.5, 0.6) is 0 Å². The summed E-state index contributed by atoms with van der Waals surface area (Å²) in [5.74, 6) is 1.54. The third kappa shape index (κ3) is 2.52. The van der Waals surface area contributed by atoms with Gasteiger partial charge in [0.2, 0.25) is 0 Å². The van der Waals surface area contributed by atoms with Crippen LogP contribution in [0.4, 0.5) is 5.82 Å². The average Bonchev–Trinajstić information content (AvgIpc) is 2.69. The minimum atomic E-state index is 0.415.